The summed E-state index contributed by atoms with van der Waals surface area (Å²) in [4.78, 5) is 4.08. The summed E-state index contributed by atoms with van der Waals surface area (Å²) in [5, 5.41) is 22.9. The number of benzene rings is 1. The minimum atomic E-state index is -4.76. The van der Waals surface area contributed by atoms with E-state index in [0.717, 1.165) is 30.0 Å². The molecule has 1 fully saturated rings. The van der Waals surface area contributed by atoms with Gasteiger partial charge in [0.1, 0.15) is 17.6 Å². The largest absolute Gasteiger partial charge is 0.505 e. The molecule has 0 aliphatic heterocycles. The molecule has 2 aromatic rings. The number of hydrogen-bond acceptors (Lipinski definition) is 4. The summed E-state index contributed by atoms with van der Waals surface area (Å²) in [6.07, 6.45) is -0.538. The molecule has 1 aromatic carbocycles. The van der Waals surface area contributed by atoms with Gasteiger partial charge in [0.2, 0.25) is 0 Å². The first kappa shape index (κ1) is 14.4. The molecular weight excluding hydrogens is 297 g/mol. The molecule has 1 aliphatic carbocycles. The number of rotatable bonds is 2. The summed E-state index contributed by atoms with van der Waals surface area (Å²) in [5.41, 5.74) is -1.67. The molecule has 114 valence electrons. The van der Waals surface area contributed by atoms with E-state index >= 15 is 0 Å². The summed E-state index contributed by atoms with van der Waals surface area (Å²) in [5.74, 6) is -0.206. The molecule has 22 heavy (non-hydrogen) atoms. The summed E-state index contributed by atoms with van der Waals surface area (Å²) in [6, 6.07) is 3.43. The van der Waals surface area contributed by atoms with E-state index in [-0.39, 0.29) is 17.2 Å². The van der Waals surface area contributed by atoms with Gasteiger partial charge in [0.25, 0.3) is 0 Å². The fourth-order valence-electron chi connectivity index (χ4n) is 2.32. The first-order valence-corrected chi connectivity index (χ1v) is 6.66. The minimum Gasteiger partial charge on any atom is -0.505 e. The Hall–Kier alpha value is -2.56. The van der Waals surface area contributed by atoms with Crippen molar-refractivity contribution in [3.8, 4) is 17.5 Å². The molecule has 1 N–H and O–H groups in total. The first-order valence-electron chi connectivity index (χ1n) is 6.66. The Bertz CT molecular complexity index is 756. The number of nitriles is 1. The van der Waals surface area contributed by atoms with E-state index in [0.29, 0.717) is 11.9 Å². The van der Waals surface area contributed by atoms with E-state index in [9.17, 15) is 18.3 Å². The van der Waals surface area contributed by atoms with Crippen LogP contribution in [0.4, 0.5) is 13.2 Å². The second-order valence-electron chi connectivity index (χ2n) is 5.18. The third-order valence-electron chi connectivity index (χ3n) is 3.75. The van der Waals surface area contributed by atoms with Crippen molar-refractivity contribution in [1.29, 1.82) is 5.26 Å². The second kappa shape index (κ2) is 5.02. The van der Waals surface area contributed by atoms with Crippen molar-refractivity contribution >= 4 is 0 Å². The van der Waals surface area contributed by atoms with Gasteiger partial charge in [-0.2, -0.15) is 23.5 Å². The number of hydrogen-bond donors (Lipinski definition) is 1. The highest BCUT2D eigenvalue weighted by Gasteiger charge is 2.36. The maximum Gasteiger partial charge on any atom is 0.420 e. The molecule has 3 rings (SSSR count). The zero-order chi connectivity index (χ0) is 15.9. The highest BCUT2D eigenvalue weighted by atomic mass is 19.4. The van der Waals surface area contributed by atoms with Gasteiger partial charge in [-0.05, 0) is 25.0 Å². The topological polar surface area (TPSA) is 74.7 Å². The van der Waals surface area contributed by atoms with Crippen LogP contribution in [0.3, 0.4) is 0 Å². The second-order valence-corrected chi connectivity index (χ2v) is 5.18. The molecule has 1 aliphatic rings. The Balaban J connectivity index is 2.09. The molecule has 0 spiro atoms. The zero-order valence-corrected chi connectivity index (χ0v) is 11.3. The van der Waals surface area contributed by atoms with Crippen molar-refractivity contribution < 1.29 is 18.3 Å². The van der Waals surface area contributed by atoms with Crippen LogP contribution in [0.2, 0.25) is 0 Å². The molecule has 0 radical (unpaired) electrons. The van der Waals surface area contributed by atoms with Crippen LogP contribution in [-0.2, 0) is 6.18 Å². The molecule has 0 amide bonds. The highest BCUT2D eigenvalue weighted by molar-refractivity contribution is 5.56. The molecule has 0 atom stereocenters. The average Bonchev–Trinajstić information content (AvgIpc) is 2.84. The summed E-state index contributed by atoms with van der Waals surface area (Å²) in [7, 11) is 0. The molecule has 1 saturated carbocycles. The molecule has 1 heterocycles. The van der Waals surface area contributed by atoms with Crippen LogP contribution < -0.4 is 0 Å². The lowest BCUT2D eigenvalue weighted by molar-refractivity contribution is -0.138. The SMILES string of the molecule is N#Cc1cc(-n2cnc(C3CCC3)n2)c(O)c(C(F)(F)F)c1. The third-order valence-corrected chi connectivity index (χ3v) is 3.75. The summed E-state index contributed by atoms with van der Waals surface area (Å²) >= 11 is 0. The molecule has 1 aromatic heterocycles. The van der Waals surface area contributed by atoms with E-state index in [1.165, 1.54) is 6.33 Å². The number of aromatic hydroxyl groups is 1. The zero-order valence-electron chi connectivity index (χ0n) is 11.3. The summed E-state index contributed by atoms with van der Waals surface area (Å²) in [6.45, 7) is 0. The monoisotopic (exact) mass is 308 g/mol. The Kier molecular flexibility index (Phi) is 3.28. The first-order chi connectivity index (χ1) is 10.4. The van der Waals surface area contributed by atoms with Crippen LogP contribution in [0, 0.1) is 11.3 Å². The van der Waals surface area contributed by atoms with Gasteiger partial charge in [0, 0.05) is 5.92 Å². The van der Waals surface area contributed by atoms with Gasteiger partial charge in [0.05, 0.1) is 11.6 Å². The average molecular weight is 308 g/mol. The van der Waals surface area contributed by atoms with Crippen molar-refractivity contribution in [3.05, 3.63) is 35.4 Å². The standard InChI is InChI=1S/C14H11F3N4O/c15-14(16,17)10-4-8(6-18)5-11(12(10)22)21-7-19-13(20-21)9-2-1-3-9/h4-5,7,9,22H,1-3H2. The van der Waals surface area contributed by atoms with Crippen molar-refractivity contribution in [3.63, 3.8) is 0 Å². The molecule has 0 unspecified atom stereocenters. The third kappa shape index (κ3) is 2.39. The van der Waals surface area contributed by atoms with Crippen LogP contribution in [0.5, 0.6) is 5.75 Å². The fraction of sp³-hybridized carbons (Fsp3) is 0.357. The Morgan fingerprint density at radius 3 is 2.59 bits per heavy atom. The number of phenolic OH excluding ortho intramolecular Hbond substituents is 1. The Morgan fingerprint density at radius 1 is 1.32 bits per heavy atom. The maximum absolute atomic E-state index is 12.9. The molecule has 0 bridgehead atoms. The number of aromatic nitrogens is 3. The maximum atomic E-state index is 12.9. The predicted molar refractivity (Wildman–Crippen MR) is 69.3 cm³/mol. The van der Waals surface area contributed by atoms with Crippen LogP contribution in [0.25, 0.3) is 5.69 Å². The normalized spacial score (nSPS) is 15.4. The highest BCUT2D eigenvalue weighted by Crippen LogP contribution is 2.40. The van der Waals surface area contributed by atoms with Gasteiger partial charge in [-0.15, -0.1) is 0 Å². The van der Waals surface area contributed by atoms with E-state index in [1.54, 1.807) is 6.07 Å². The van der Waals surface area contributed by atoms with E-state index in [1.807, 2.05) is 0 Å². The van der Waals surface area contributed by atoms with Crippen LogP contribution in [0.1, 0.15) is 42.1 Å². The molecule has 5 nitrogen and oxygen atoms in total. The quantitative estimate of drug-likeness (QED) is 0.925. The number of halogens is 3. The van der Waals surface area contributed by atoms with Crippen molar-refractivity contribution in [1.82, 2.24) is 14.8 Å². The fourth-order valence-corrected chi connectivity index (χ4v) is 2.32. The van der Waals surface area contributed by atoms with Gasteiger partial charge in [-0.1, -0.05) is 6.42 Å². The smallest absolute Gasteiger partial charge is 0.420 e. The van der Waals surface area contributed by atoms with Crippen LogP contribution in [0.15, 0.2) is 18.5 Å². The van der Waals surface area contributed by atoms with Gasteiger partial charge < -0.3 is 5.11 Å². The number of phenols is 1. The minimum absolute atomic E-state index is 0.204. The Morgan fingerprint density at radius 2 is 2.05 bits per heavy atom. The summed E-state index contributed by atoms with van der Waals surface area (Å²) < 4.78 is 39.9. The Labute approximate surface area is 123 Å². The van der Waals surface area contributed by atoms with E-state index in [4.69, 9.17) is 5.26 Å². The lowest BCUT2D eigenvalue weighted by Gasteiger charge is -2.21. The molecular formula is C14H11F3N4O. The van der Waals surface area contributed by atoms with Gasteiger partial charge in [0.15, 0.2) is 11.6 Å². The lowest BCUT2D eigenvalue weighted by atomic mass is 9.85. The van der Waals surface area contributed by atoms with Crippen molar-refractivity contribution in [2.45, 2.75) is 31.4 Å². The molecule has 8 heteroatoms. The van der Waals surface area contributed by atoms with Gasteiger partial charge in [-0.25, -0.2) is 9.67 Å². The predicted octanol–water partition coefficient (Wildman–Crippen LogP) is 3.13. The van der Waals surface area contributed by atoms with E-state index in [2.05, 4.69) is 10.1 Å². The molecule has 0 saturated heterocycles. The number of nitrogens with zero attached hydrogens (tertiary/aromatic N) is 4. The number of alkyl halides is 3. The van der Waals surface area contributed by atoms with Crippen molar-refractivity contribution in [2.24, 2.45) is 0 Å². The van der Waals surface area contributed by atoms with E-state index < -0.39 is 17.5 Å². The van der Waals surface area contributed by atoms with Gasteiger partial charge >= 0.3 is 6.18 Å². The van der Waals surface area contributed by atoms with Gasteiger partial charge in [-0.3, -0.25) is 0 Å². The van der Waals surface area contributed by atoms with Crippen LogP contribution >= 0.6 is 0 Å². The van der Waals surface area contributed by atoms with Crippen LogP contribution in [-0.4, -0.2) is 19.9 Å². The van der Waals surface area contributed by atoms with Crippen molar-refractivity contribution in [2.75, 3.05) is 0 Å². The lowest BCUT2D eigenvalue weighted by Crippen LogP contribution is -2.11.